The summed E-state index contributed by atoms with van der Waals surface area (Å²) >= 11 is 1.61. The number of aromatic nitrogens is 2. The Bertz CT molecular complexity index is 1040. The molecule has 7 heteroatoms. The van der Waals surface area contributed by atoms with Crippen molar-refractivity contribution in [1.82, 2.24) is 14.3 Å². The van der Waals surface area contributed by atoms with Gasteiger partial charge >= 0.3 is 0 Å². The summed E-state index contributed by atoms with van der Waals surface area (Å²) in [5.41, 5.74) is 2.30. The maximum Gasteiger partial charge on any atom is 0.254 e. The molecule has 4 heterocycles. The van der Waals surface area contributed by atoms with E-state index in [-0.39, 0.29) is 23.2 Å². The largest absolute Gasteiger partial charge is 0.365 e. The summed E-state index contributed by atoms with van der Waals surface area (Å²) in [4.78, 5) is 20.7. The number of hydrogen-bond acceptors (Lipinski definition) is 4. The minimum absolute atomic E-state index is 0.109. The number of halogens is 1. The van der Waals surface area contributed by atoms with Crippen molar-refractivity contribution in [2.45, 2.75) is 52.0 Å². The molecule has 154 valence electrons. The zero-order valence-electron chi connectivity index (χ0n) is 17.3. The van der Waals surface area contributed by atoms with E-state index in [4.69, 9.17) is 4.98 Å². The van der Waals surface area contributed by atoms with Crippen molar-refractivity contribution in [1.29, 1.82) is 0 Å². The van der Waals surface area contributed by atoms with Gasteiger partial charge in [-0.1, -0.05) is 0 Å². The van der Waals surface area contributed by atoms with Crippen molar-refractivity contribution in [2.75, 3.05) is 18.4 Å². The first kappa shape index (κ1) is 19.9. The first-order valence-electron chi connectivity index (χ1n) is 10.0. The third-order valence-corrected chi connectivity index (χ3v) is 6.11. The molecular formula is C22H27FN4OS. The average Bonchev–Trinajstić information content (AvgIpc) is 3.24. The van der Waals surface area contributed by atoms with E-state index in [9.17, 15) is 9.18 Å². The second kappa shape index (κ2) is 7.44. The first-order chi connectivity index (χ1) is 13.7. The molecule has 0 bridgehead atoms. The lowest BCUT2D eigenvalue weighted by atomic mass is 9.92. The van der Waals surface area contributed by atoms with Gasteiger partial charge in [-0.3, -0.25) is 9.20 Å². The number of imidazole rings is 1. The van der Waals surface area contributed by atoms with Crippen LogP contribution in [0.2, 0.25) is 0 Å². The van der Waals surface area contributed by atoms with E-state index in [2.05, 4.69) is 26.1 Å². The van der Waals surface area contributed by atoms with E-state index < -0.39 is 0 Å². The van der Waals surface area contributed by atoms with Crippen LogP contribution in [-0.4, -0.2) is 38.8 Å². The van der Waals surface area contributed by atoms with E-state index in [0.717, 1.165) is 40.4 Å². The van der Waals surface area contributed by atoms with Crippen LogP contribution in [0.5, 0.6) is 0 Å². The number of hydrogen-bond donors (Lipinski definition) is 1. The molecule has 4 rings (SSSR count). The lowest BCUT2D eigenvalue weighted by molar-refractivity contribution is 0.0713. The maximum absolute atomic E-state index is 13.9. The van der Waals surface area contributed by atoms with Crippen molar-refractivity contribution in [3.05, 3.63) is 51.7 Å². The van der Waals surface area contributed by atoms with Crippen LogP contribution in [0, 0.1) is 12.7 Å². The van der Waals surface area contributed by atoms with Crippen molar-refractivity contribution in [3.63, 3.8) is 0 Å². The Morgan fingerprint density at radius 3 is 2.62 bits per heavy atom. The zero-order chi connectivity index (χ0) is 20.8. The molecule has 0 aliphatic carbocycles. The number of nitrogens with zero attached hydrogens (tertiary/aromatic N) is 3. The number of anilines is 1. The third-order valence-electron chi connectivity index (χ3n) is 5.25. The molecule has 0 aromatic carbocycles. The summed E-state index contributed by atoms with van der Waals surface area (Å²) in [5.74, 6) is 0.907. The normalized spacial score (nSPS) is 15.8. The summed E-state index contributed by atoms with van der Waals surface area (Å²) in [6.45, 7) is 9.67. The van der Waals surface area contributed by atoms with Crippen molar-refractivity contribution in [3.8, 4) is 0 Å². The highest BCUT2D eigenvalue weighted by molar-refractivity contribution is 7.10. The third kappa shape index (κ3) is 4.15. The molecule has 1 N–H and O–H groups in total. The SMILES string of the molecule is Cc1cc(C(=O)N2CCC(c3nc4ccc(F)cn4c3NC(C)(C)C)CC2)cs1. The molecule has 0 unspecified atom stereocenters. The Morgan fingerprint density at radius 2 is 2.00 bits per heavy atom. The average molecular weight is 415 g/mol. The molecule has 3 aromatic rings. The number of amides is 1. The van der Waals surface area contributed by atoms with Crippen LogP contribution in [-0.2, 0) is 0 Å². The Hall–Kier alpha value is -2.41. The highest BCUT2D eigenvalue weighted by atomic mass is 32.1. The van der Waals surface area contributed by atoms with E-state index in [1.54, 1.807) is 17.4 Å². The highest BCUT2D eigenvalue weighted by Crippen LogP contribution is 2.35. The van der Waals surface area contributed by atoms with E-state index in [1.807, 2.05) is 27.7 Å². The zero-order valence-corrected chi connectivity index (χ0v) is 18.1. The topological polar surface area (TPSA) is 49.6 Å². The van der Waals surface area contributed by atoms with Gasteiger partial charge in [0, 0.05) is 41.0 Å². The number of carbonyl (C=O) groups is 1. The van der Waals surface area contributed by atoms with Crippen molar-refractivity contribution < 1.29 is 9.18 Å². The second-order valence-electron chi connectivity index (χ2n) is 8.81. The van der Waals surface area contributed by atoms with Crippen LogP contribution in [0.4, 0.5) is 10.2 Å². The van der Waals surface area contributed by atoms with E-state index >= 15 is 0 Å². The lowest BCUT2D eigenvalue weighted by Crippen LogP contribution is -2.38. The second-order valence-corrected chi connectivity index (χ2v) is 9.92. The van der Waals surface area contributed by atoms with Gasteiger partial charge in [0.2, 0.25) is 0 Å². The molecular weight excluding hydrogens is 387 g/mol. The Morgan fingerprint density at radius 1 is 1.28 bits per heavy atom. The fourth-order valence-corrected chi connectivity index (χ4v) is 4.57. The molecule has 0 saturated carbocycles. The number of likely N-dealkylation sites (tertiary alicyclic amines) is 1. The van der Waals surface area contributed by atoms with Crippen LogP contribution in [0.15, 0.2) is 29.8 Å². The number of aryl methyl sites for hydroxylation is 1. The van der Waals surface area contributed by atoms with Crippen LogP contribution in [0.3, 0.4) is 0 Å². The molecule has 5 nitrogen and oxygen atoms in total. The van der Waals surface area contributed by atoms with Gasteiger partial charge in [-0.05, 0) is 58.7 Å². The number of piperidine rings is 1. The molecule has 1 aliphatic heterocycles. The van der Waals surface area contributed by atoms with Gasteiger partial charge in [-0.2, -0.15) is 0 Å². The smallest absolute Gasteiger partial charge is 0.254 e. The quantitative estimate of drug-likeness (QED) is 0.651. The van der Waals surface area contributed by atoms with Crippen molar-refractivity contribution >= 4 is 28.7 Å². The molecule has 0 radical (unpaired) electrons. The monoisotopic (exact) mass is 414 g/mol. The minimum atomic E-state index is -0.287. The molecule has 1 saturated heterocycles. The predicted octanol–water partition coefficient (Wildman–Crippen LogP) is 5.07. The molecule has 0 spiro atoms. The summed E-state index contributed by atoms with van der Waals surface area (Å²) < 4.78 is 15.7. The fourth-order valence-electron chi connectivity index (χ4n) is 3.90. The molecule has 1 amide bonds. The molecule has 1 fully saturated rings. The summed E-state index contributed by atoms with van der Waals surface area (Å²) in [5, 5.41) is 5.45. The molecule has 29 heavy (non-hydrogen) atoms. The van der Waals surface area contributed by atoms with Crippen LogP contribution in [0.1, 0.15) is 60.5 Å². The standard InChI is InChI=1S/C22H27FN4OS/c1-14-11-16(13-29-14)21(28)26-9-7-15(8-10-26)19-20(25-22(2,3)4)27-12-17(23)5-6-18(27)24-19/h5-6,11-13,15,25H,7-10H2,1-4H3. The first-order valence-corrected chi connectivity index (χ1v) is 10.9. The van der Waals surface area contributed by atoms with Crippen LogP contribution < -0.4 is 5.32 Å². The Kier molecular flexibility index (Phi) is 5.11. The number of fused-ring (bicyclic) bond motifs is 1. The summed E-state index contributed by atoms with van der Waals surface area (Å²) in [7, 11) is 0. The van der Waals surface area contributed by atoms with Gasteiger partial charge in [-0.15, -0.1) is 11.3 Å². The Labute approximate surface area is 174 Å². The molecule has 1 aliphatic rings. The Balaban J connectivity index is 1.57. The number of carbonyl (C=O) groups excluding carboxylic acids is 1. The van der Waals surface area contributed by atoms with Gasteiger partial charge in [0.1, 0.15) is 17.3 Å². The number of nitrogens with one attached hydrogen (secondary N) is 1. The van der Waals surface area contributed by atoms with Crippen molar-refractivity contribution in [2.24, 2.45) is 0 Å². The highest BCUT2D eigenvalue weighted by Gasteiger charge is 2.30. The maximum atomic E-state index is 13.9. The predicted molar refractivity (Wildman–Crippen MR) is 115 cm³/mol. The molecule has 0 atom stereocenters. The van der Waals surface area contributed by atoms with E-state index in [1.165, 1.54) is 12.3 Å². The number of pyridine rings is 1. The van der Waals surface area contributed by atoms with Gasteiger partial charge in [0.25, 0.3) is 5.91 Å². The van der Waals surface area contributed by atoms with Gasteiger partial charge in [0.15, 0.2) is 0 Å². The van der Waals surface area contributed by atoms with Gasteiger partial charge in [0.05, 0.1) is 11.3 Å². The minimum Gasteiger partial charge on any atom is -0.365 e. The van der Waals surface area contributed by atoms with Crippen LogP contribution >= 0.6 is 11.3 Å². The van der Waals surface area contributed by atoms with Crippen LogP contribution in [0.25, 0.3) is 5.65 Å². The lowest BCUT2D eigenvalue weighted by Gasteiger charge is -2.32. The summed E-state index contributed by atoms with van der Waals surface area (Å²) in [6, 6.07) is 5.11. The number of thiophene rings is 1. The van der Waals surface area contributed by atoms with Gasteiger partial charge < -0.3 is 10.2 Å². The molecule has 3 aromatic heterocycles. The van der Waals surface area contributed by atoms with Gasteiger partial charge in [-0.25, -0.2) is 9.37 Å². The van der Waals surface area contributed by atoms with E-state index in [0.29, 0.717) is 13.1 Å². The number of rotatable bonds is 3. The fraction of sp³-hybridized carbons (Fsp3) is 0.455. The summed E-state index contributed by atoms with van der Waals surface area (Å²) in [6.07, 6.45) is 3.18.